The molecule has 3 N–H and O–H groups in total. The molecule has 6 rings (SSSR count). The van der Waals surface area contributed by atoms with Crippen molar-refractivity contribution >= 4 is 36.6 Å². The Morgan fingerprint density at radius 2 is 1.49 bits per heavy atom. The van der Waals surface area contributed by atoms with E-state index in [1.807, 2.05) is 19.9 Å². The molecule has 1 aromatic carbocycles. The van der Waals surface area contributed by atoms with Crippen LogP contribution in [0.15, 0.2) is 30.5 Å². The van der Waals surface area contributed by atoms with Crippen LogP contribution in [0.5, 0.6) is 0 Å². The number of carbonyl (C=O) groups excluding carboxylic acids is 5. The van der Waals surface area contributed by atoms with Gasteiger partial charge in [0.1, 0.15) is 17.8 Å². The Morgan fingerprint density at radius 3 is 1.95 bits per heavy atom. The largest absolute Gasteiger partial charge is 0.386 e. The summed E-state index contributed by atoms with van der Waals surface area (Å²) in [6, 6.07) is 5.76. The quantitative estimate of drug-likeness (QED) is 0.164. The monoisotopic (exact) mass is 847 g/mol. The molecule has 1 saturated heterocycles. The minimum atomic E-state index is -2.83. The van der Waals surface area contributed by atoms with Gasteiger partial charge < -0.3 is 30.5 Å². The number of nitrogens with zero attached hydrogens (tertiary/aromatic N) is 4. The zero-order valence-electron chi connectivity index (χ0n) is 33.9. The van der Waals surface area contributed by atoms with Gasteiger partial charge in [-0.1, -0.05) is 13.0 Å². The van der Waals surface area contributed by atoms with E-state index >= 15 is 0 Å². The third-order valence-corrected chi connectivity index (χ3v) is 11.0. The molecule has 0 spiro atoms. The maximum absolute atomic E-state index is 13.9. The lowest BCUT2D eigenvalue weighted by Crippen LogP contribution is -2.45. The number of carbonyl (C=O) groups is 5. The van der Waals surface area contributed by atoms with Gasteiger partial charge in [-0.2, -0.15) is 5.10 Å². The number of hydrogen-bond donors (Lipinski definition) is 3. The molecular weight excluding hydrogens is 791 g/mol. The van der Waals surface area contributed by atoms with E-state index in [0.29, 0.717) is 57.4 Å². The van der Waals surface area contributed by atoms with E-state index in [1.165, 1.54) is 16.9 Å². The molecule has 0 radical (unpaired) electrons. The molecule has 19 heteroatoms. The Morgan fingerprint density at radius 1 is 0.898 bits per heavy atom. The predicted octanol–water partition coefficient (Wildman–Crippen LogP) is 6.05. The Hall–Kier alpha value is -4.71. The first kappa shape index (κ1) is 48.7. The molecule has 1 aliphatic heterocycles. The number of amides is 4. The van der Waals surface area contributed by atoms with Gasteiger partial charge in [-0.05, 0) is 75.1 Å². The van der Waals surface area contributed by atoms with E-state index in [9.17, 15) is 54.7 Å². The summed E-state index contributed by atoms with van der Waals surface area (Å²) in [7, 11) is 1.70. The van der Waals surface area contributed by atoms with Crippen LogP contribution < -0.4 is 16.0 Å². The number of alkyl halides is 6. The minimum absolute atomic E-state index is 0.0415. The van der Waals surface area contributed by atoms with Crippen LogP contribution in [0.4, 0.5) is 36.4 Å². The number of aldehydes is 1. The molecule has 330 valence electrons. The van der Waals surface area contributed by atoms with Crippen molar-refractivity contribution in [2.75, 3.05) is 38.5 Å². The van der Waals surface area contributed by atoms with Crippen LogP contribution in [0.1, 0.15) is 94.6 Å². The number of rotatable bonds is 13. The van der Waals surface area contributed by atoms with Crippen molar-refractivity contribution < 1.29 is 54.7 Å². The number of aromatic nitrogens is 2. The van der Waals surface area contributed by atoms with Gasteiger partial charge in [0.25, 0.3) is 5.91 Å². The van der Waals surface area contributed by atoms with E-state index in [4.69, 9.17) is 0 Å². The Kier molecular flexibility index (Phi) is 18.2. The topological polar surface area (TPSA) is 146 Å². The number of hydrogen-bond acceptors (Lipinski definition) is 7. The second-order valence-corrected chi connectivity index (χ2v) is 15.4. The van der Waals surface area contributed by atoms with Crippen LogP contribution in [0.2, 0.25) is 0 Å². The first-order chi connectivity index (χ1) is 27.8. The van der Waals surface area contributed by atoms with Gasteiger partial charge in [-0.3, -0.25) is 23.9 Å². The second-order valence-electron chi connectivity index (χ2n) is 15.4. The summed E-state index contributed by atoms with van der Waals surface area (Å²) in [6.07, 6.45) is 3.40. The Labute approximate surface area is 340 Å². The molecular formula is C40H56F7N7O5. The van der Waals surface area contributed by atoms with Crippen LogP contribution in [-0.4, -0.2) is 114 Å². The van der Waals surface area contributed by atoms with Crippen molar-refractivity contribution in [1.82, 2.24) is 30.2 Å². The van der Waals surface area contributed by atoms with Gasteiger partial charge in [0.2, 0.25) is 37.0 Å². The van der Waals surface area contributed by atoms with Gasteiger partial charge in [-0.25, -0.2) is 30.7 Å². The van der Waals surface area contributed by atoms with Gasteiger partial charge in [0, 0.05) is 89.5 Å². The van der Waals surface area contributed by atoms with Gasteiger partial charge >= 0.3 is 0 Å². The zero-order valence-corrected chi connectivity index (χ0v) is 33.9. The number of nitrogens with one attached hydrogen (secondary N) is 3. The number of piperazine rings is 1. The molecule has 4 amide bonds. The summed E-state index contributed by atoms with van der Waals surface area (Å²) in [5, 5.41) is 12.3. The van der Waals surface area contributed by atoms with E-state index in [-0.39, 0.29) is 60.6 Å². The standard InChI is InChI=1S/C17H21F4N3O2.C15H21FN2O.C6H10N2O2.C2H4F2/c18-16(19)4-1-2-12(8-16)13(10-25)23-15(26)14-3-5-22-24(14)9-11-6-17(20,21)7-11;1-4-14(19)18-10(2)15(7-8-15)11-5-6-13(17-3)12(16)9-11;9-5-7-1-2-8(6-10)4-3-7;1-2(3)4/h3,5,10-13H,1-2,4,6-9H2,(H,23,26);5-6,9-10,17H,4,7-8H2,1-3H3,(H,18,19);5-6H,1-4H2;2H,1H3. The Balaban J connectivity index is 0.000000245. The number of anilines is 1. The van der Waals surface area contributed by atoms with Crippen LogP contribution in [0.3, 0.4) is 0 Å². The van der Waals surface area contributed by atoms with Crippen molar-refractivity contribution in [2.24, 2.45) is 11.8 Å². The van der Waals surface area contributed by atoms with Crippen LogP contribution in [0, 0.1) is 17.7 Å². The van der Waals surface area contributed by atoms with Crippen LogP contribution >= 0.6 is 0 Å². The molecule has 2 aromatic rings. The van der Waals surface area contributed by atoms with Crippen molar-refractivity contribution in [3.05, 3.63) is 47.5 Å². The third-order valence-electron chi connectivity index (χ3n) is 11.0. The highest BCUT2D eigenvalue weighted by Crippen LogP contribution is 2.51. The fourth-order valence-electron chi connectivity index (χ4n) is 7.40. The molecule has 3 saturated carbocycles. The third kappa shape index (κ3) is 14.8. The molecule has 59 heavy (non-hydrogen) atoms. The van der Waals surface area contributed by atoms with Gasteiger partial charge in [-0.15, -0.1) is 0 Å². The minimum Gasteiger partial charge on any atom is -0.386 e. The molecule has 2 heterocycles. The molecule has 0 bridgehead atoms. The summed E-state index contributed by atoms with van der Waals surface area (Å²) in [5.41, 5.74) is 1.53. The predicted molar refractivity (Wildman–Crippen MR) is 206 cm³/mol. The summed E-state index contributed by atoms with van der Waals surface area (Å²) >= 11 is 0. The Bertz CT molecular complexity index is 1660. The fourth-order valence-corrected chi connectivity index (χ4v) is 7.40. The molecule has 3 aliphatic carbocycles. The van der Waals surface area contributed by atoms with E-state index in [2.05, 4.69) is 21.0 Å². The highest BCUT2D eigenvalue weighted by molar-refractivity contribution is 5.94. The summed E-state index contributed by atoms with van der Waals surface area (Å²) in [5.74, 6) is -7.18. The average Bonchev–Trinajstić information content (AvgIpc) is 3.87. The first-order valence-electron chi connectivity index (χ1n) is 19.8. The fraction of sp³-hybridized carbons (Fsp3) is 0.650. The molecule has 3 atom stereocenters. The molecule has 4 fully saturated rings. The van der Waals surface area contributed by atoms with Gasteiger partial charge in [0.15, 0.2) is 0 Å². The molecule has 3 unspecified atom stereocenters. The lowest BCUT2D eigenvalue weighted by Gasteiger charge is -2.35. The zero-order chi connectivity index (χ0) is 44.0. The van der Waals surface area contributed by atoms with Crippen molar-refractivity contribution in [3.8, 4) is 0 Å². The van der Waals surface area contributed by atoms with Gasteiger partial charge in [0.05, 0.1) is 11.7 Å². The normalized spacial score (nSPS) is 20.9. The summed E-state index contributed by atoms with van der Waals surface area (Å²) < 4.78 is 88.9. The van der Waals surface area contributed by atoms with Crippen LogP contribution in [-0.2, 0) is 31.1 Å². The first-order valence-corrected chi connectivity index (χ1v) is 19.8. The van der Waals surface area contributed by atoms with E-state index < -0.39 is 42.6 Å². The number of benzene rings is 1. The maximum atomic E-state index is 13.9. The lowest BCUT2D eigenvalue weighted by atomic mass is 9.81. The van der Waals surface area contributed by atoms with Crippen molar-refractivity contribution in [1.29, 1.82) is 0 Å². The molecule has 1 aromatic heterocycles. The highest BCUT2D eigenvalue weighted by atomic mass is 19.3. The van der Waals surface area contributed by atoms with Crippen LogP contribution in [0.25, 0.3) is 0 Å². The average molecular weight is 848 g/mol. The lowest BCUT2D eigenvalue weighted by molar-refractivity contribution is -0.125. The summed E-state index contributed by atoms with van der Waals surface area (Å²) in [6.45, 7) is 7.53. The SMILES string of the molecule is CC(F)F.CCC(=O)NC(C)C1(c2ccc(NC)c(F)c2)CC1.O=CC(NC(=O)c1ccnn1CC1CC(F)(F)C1)C1CCCC(F)(F)C1.O=CN1CCN(C=O)CC1. The highest BCUT2D eigenvalue weighted by Gasteiger charge is 2.49. The van der Waals surface area contributed by atoms with Crippen molar-refractivity contribution in [3.63, 3.8) is 0 Å². The number of halogens is 7. The second kappa shape index (κ2) is 22.1. The molecule has 4 aliphatic rings. The molecule has 12 nitrogen and oxygen atoms in total. The van der Waals surface area contributed by atoms with E-state index in [0.717, 1.165) is 38.1 Å². The maximum Gasteiger partial charge on any atom is 0.270 e. The smallest absolute Gasteiger partial charge is 0.270 e. The van der Waals surface area contributed by atoms with E-state index in [1.54, 1.807) is 29.0 Å². The summed E-state index contributed by atoms with van der Waals surface area (Å²) in [4.78, 5) is 59.0. The van der Waals surface area contributed by atoms with Crippen molar-refractivity contribution in [2.45, 2.75) is 121 Å².